The molecule has 0 amide bonds. The molecule has 24 heavy (non-hydrogen) atoms. The largest absolute Gasteiger partial charge is 1.00 e. The summed E-state index contributed by atoms with van der Waals surface area (Å²) in [5, 5.41) is 17.4. The smallest absolute Gasteiger partial charge is 0.412 e. The summed E-state index contributed by atoms with van der Waals surface area (Å²) in [5.74, 6) is 0. The number of unbranched alkanes of at least 4 members (excludes halogenated alkanes) is 1. The Morgan fingerprint density at radius 3 is 2.42 bits per heavy atom. The van der Waals surface area contributed by atoms with Gasteiger partial charge in [0.25, 0.3) is 0 Å². The second-order valence-electron chi connectivity index (χ2n) is 5.78. The molecule has 1 rings (SSSR count). The lowest BCUT2D eigenvalue weighted by molar-refractivity contribution is 0.00617. The molecule has 5 N–H and O–H groups in total. The summed E-state index contributed by atoms with van der Waals surface area (Å²) in [6, 6.07) is 0.610. The molecular weight excluding hydrogens is 336 g/mol. The molecule has 0 saturated carbocycles. The van der Waals surface area contributed by atoms with E-state index in [9.17, 15) is 4.80 Å². The quantitative estimate of drug-likeness (QED) is 0.234. The molecule has 1 saturated heterocycles. The Kier molecular flexibility index (Phi) is 17.8. The molecule has 1 heterocycles. The first-order chi connectivity index (χ1) is 10.9. The van der Waals surface area contributed by atoms with Crippen molar-refractivity contribution in [1.29, 1.82) is 0 Å². The maximum absolute atomic E-state index is 9.55. The molecule has 0 aliphatic carbocycles. The summed E-state index contributed by atoms with van der Waals surface area (Å²) in [4.78, 5) is 9.55. The number of epoxide rings is 1. The fourth-order valence-corrected chi connectivity index (χ4v) is 2.51. The molecule has 0 aromatic carbocycles. The zero-order valence-electron chi connectivity index (χ0n) is 16.2. The lowest BCUT2D eigenvalue weighted by Gasteiger charge is -2.17. The van der Waals surface area contributed by atoms with Gasteiger partial charge in [-0.05, 0) is 25.4 Å². The van der Waals surface area contributed by atoms with E-state index in [-0.39, 0.29) is 20.1 Å². The van der Waals surface area contributed by atoms with Crippen molar-refractivity contribution in [2.45, 2.75) is 51.0 Å². The standard InChI is InChI=1S/C8H20O5Si.C7H14O2.H2O/c1-12-14(2,11)5-3-4-13-7-8(10)6-9;1-2-3-4-8-5-7-6-9-7;/h8-11H,3-7H2,1-2H3;7H,2-6H2,1H3;1H2/p+1. The van der Waals surface area contributed by atoms with Gasteiger partial charge in [0, 0.05) is 20.3 Å². The third-order valence-corrected chi connectivity index (χ3v) is 5.40. The van der Waals surface area contributed by atoms with Gasteiger partial charge in [0.05, 0.1) is 26.4 Å². The van der Waals surface area contributed by atoms with Crippen LogP contribution < -0.4 is 0 Å². The summed E-state index contributed by atoms with van der Waals surface area (Å²) < 4.78 is 20.2. The predicted octanol–water partition coefficient (Wildman–Crippen LogP) is -0.0533. The molecule has 1 aliphatic heterocycles. The normalized spacial score (nSPS) is 19.5. The van der Waals surface area contributed by atoms with E-state index in [0.29, 0.717) is 25.2 Å². The van der Waals surface area contributed by atoms with Gasteiger partial charge in [-0.3, -0.25) is 0 Å². The van der Waals surface area contributed by atoms with Crippen LogP contribution in [0.2, 0.25) is 12.6 Å². The second-order valence-corrected chi connectivity index (χ2v) is 9.04. The average Bonchev–Trinajstić information content (AvgIpc) is 3.36. The van der Waals surface area contributed by atoms with Crippen LogP contribution in [0, 0.1) is 0 Å². The first kappa shape index (κ1) is 26.1. The minimum Gasteiger partial charge on any atom is -0.412 e. The number of aliphatic hydroxyl groups excluding tert-OH is 2. The Bertz CT molecular complexity index is 270. The molecule has 0 aromatic heterocycles. The van der Waals surface area contributed by atoms with Crippen molar-refractivity contribution < 1.29 is 40.5 Å². The molecule has 9 heteroatoms. The lowest BCUT2D eigenvalue weighted by atomic mass is 10.4. The highest BCUT2D eigenvalue weighted by atomic mass is 28.4. The minimum atomic E-state index is -2.45. The van der Waals surface area contributed by atoms with Crippen LogP contribution in [0.15, 0.2) is 0 Å². The first-order valence-electron chi connectivity index (χ1n) is 8.28. The average molecular weight is 374 g/mol. The number of aliphatic hydroxyl groups is 2. The number of hydrogen-bond donors (Lipinski definition) is 3. The van der Waals surface area contributed by atoms with Crippen molar-refractivity contribution in [2.24, 2.45) is 0 Å². The molecule has 3 atom stereocenters. The zero-order chi connectivity index (χ0) is 17.6. The third kappa shape index (κ3) is 18.2. The highest BCUT2D eigenvalue weighted by Gasteiger charge is 2.24. The van der Waals surface area contributed by atoms with Gasteiger partial charge in [-0.1, -0.05) is 13.3 Å². The summed E-state index contributed by atoms with van der Waals surface area (Å²) in [6.45, 7) is 6.80. The van der Waals surface area contributed by atoms with Crippen molar-refractivity contribution in [2.75, 3.05) is 46.8 Å². The Labute approximate surface area is 147 Å². The molecule has 1 fully saturated rings. The van der Waals surface area contributed by atoms with Gasteiger partial charge >= 0.3 is 9.99 Å². The highest BCUT2D eigenvalue weighted by Crippen LogP contribution is 2.09. The lowest BCUT2D eigenvalue weighted by Crippen LogP contribution is -2.33. The van der Waals surface area contributed by atoms with Crippen LogP contribution in [-0.4, -0.2) is 88.0 Å². The van der Waals surface area contributed by atoms with Crippen molar-refractivity contribution >= 4 is 8.56 Å². The van der Waals surface area contributed by atoms with Gasteiger partial charge in [0.1, 0.15) is 12.2 Å². The van der Waals surface area contributed by atoms with Crippen molar-refractivity contribution in [3.05, 3.63) is 0 Å². The Balaban J connectivity index is -0.000000384. The van der Waals surface area contributed by atoms with E-state index in [1.54, 1.807) is 6.55 Å². The van der Waals surface area contributed by atoms with Crippen LogP contribution in [-0.2, 0) is 18.6 Å². The van der Waals surface area contributed by atoms with Crippen LogP contribution in [0.4, 0.5) is 0 Å². The second kappa shape index (κ2) is 16.4. The molecule has 0 spiro atoms. The molecular formula is C15H37O8Si+. The Morgan fingerprint density at radius 2 is 1.92 bits per heavy atom. The molecule has 0 aromatic rings. The van der Waals surface area contributed by atoms with E-state index >= 15 is 0 Å². The van der Waals surface area contributed by atoms with E-state index < -0.39 is 14.7 Å². The summed E-state index contributed by atoms with van der Waals surface area (Å²) >= 11 is 0. The van der Waals surface area contributed by atoms with Crippen LogP contribution in [0.3, 0.4) is 0 Å². The van der Waals surface area contributed by atoms with Gasteiger partial charge in [0.2, 0.25) is 0 Å². The Hall–Kier alpha value is -0.103. The van der Waals surface area contributed by atoms with Crippen molar-refractivity contribution in [3.8, 4) is 0 Å². The number of hydrogen-bond acceptors (Lipinski definition) is 7. The van der Waals surface area contributed by atoms with Crippen molar-refractivity contribution in [3.63, 3.8) is 0 Å². The Morgan fingerprint density at radius 1 is 1.29 bits per heavy atom. The maximum atomic E-state index is 9.55. The summed E-state index contributed by atoms with van der Waals surface area (Å²) in [7, 11) is -0.952. The van der Waals surface area contributed by atoms with Gasteiger partial charge < -0.3 is 39.1 Å². The van der Waals surface area contributed by atoms with Crippen LogP contribution in [0.1, 0.15) is 27.6 Å². The fourth-order valence-electron chi connectivity index (χ4n) is 1.50. The van der Waals surface area contributed by atoms with Gasteiger partial charge in [0.15, 0.2) is 0 Å². The fraction of sp³-hybridized carbons (Fsp3) is 1.00. The first-order valence-corrected chi connectivity index (χ1v) is 10.8. The molecule has 8 nitrogen and oxygen atoms in total. The molecule has 0 bridgehead atoms. The van der Waals surface area contributed by atoms with Gasteiger partial charge in [-0.25, -0.2) is 0 Å². The van der Waals surface area contributed by atoms with E-state index in [1.807, 2.05) is 0 Å². The van der Waals surface area contributed by atoms with E-state index in [4.69, 9.17) is 28.8 Å². The minimum absolute atomic E-state index is 0. The van der Waals surface area contributed by atoms with Crippen LogP contribution in [0.25, 0.3) is 0 Å². The number of ether oxygens (including phenoxy) is 3. The van der Waals surface area contributed by atoms with E-state index in [1.165, 1.54) is 20.0 Å². The van der Waals surface area contributed by atoms with E-state index in [2.05, 4.69) is 6.92 Å². The summed E-state index contributed by atoms with van der Waals surface area (Å²) in [6.07, 6.45) is 2.71. The monoisotopic (exact) mass is 373 g/mol. The molecule has 3 unspecified atom stereocenters. The molecule has 148 valence electrons. The zero-order valence-corrected chi connectivity index (χ0v) is 16.2. The predicted molar refractivity (Wildman–Crippen MR) is 94.4 cm³/mol. The number of rotatable bonds is 13. The van der Waals surface area contributed by atoms with Crippen LogP contribution in [0.5, 0.6) is 0 Å². The van der Waals surface area contributed by atoms with Gasteiger partial charge in [-0.2, -0.15) is 0 Å². The molecule has 0 radical (unpaired) electrons. The van der Waals surface area contributed by atoms with E-state index in [0.717, 1.165) is 19.8 Å². The summed E-state index contributed by atoms with van der Waals surface area (Å²) in [5.41, 5.74) is 0. The van der Waals surface area contributed by atoms with Crippen molar-refractivity contribution in [1.82, 2.24) is 0 Å². The SMILES string of the molecule is CCCCOCC1CO1.CO[Si](C)(O)CCCOCC(O)CO.O.[H+]. The molecule has 1 aliphatic rings. The highest BCUT2D eigenvalue weighted by molar-refractivity contribution is 6.64. The van der Waals surface area contributed by atoms with Crippen LogP contribution >= 0.6 is 0 Å². The third-order valence-electron chi connectivity index (χ3n) is 3.24. The topological polar surface area (TPSA) is 132 Å². The maximum Gasteiger partial charge on any atom is 1.00 e. The van der Waals surface area contributed by atoms with Gasteiger partial charge in [-0.15, -0.1) is 0 Å².